The number of rotatable bonds is 4. The molecule has 1 saturated heterocycles. The topological polar surface area (TPSA) is 76.7 Å². The molecule has 0 amide bonds. The molecule has 0 aromatic rings. The van der Waals surface area contributed by atoms with E-state index in [9.17, 15) is 9.79 Å². The Morgan fingerprint density at radius 3 is 0.962 bits per heavy atom. The molecule has 0 aromatic carbocycles. The van der Waals surface area contributed by atoms with Crippen LogP contribution < -0.4 is 20.4 Å². The molecule has 156 valence electrons. The normalized spacial score (nSPS) is 29.8. The summed E-state index contributed by atoms with van der Waals surface area (Å²) in [5, 5.41) is 6.78. The fourth-order valence-corrected chi connectivity index (χ4v) is 14.1. The molecule has 6 nitrogen and oxygen atoms in total. The molecular weight excluding hydrogens is 366 g/mol. The fourth-order valence-electron chi connectivity index (χ4n) is 3.39. The van der Waals surface area contributed by atoms with Gasteiger partial charge in [-0.15, -0.1) is 0 Å². The van der Waals surface area contributed by atoms with E-state index in [0.717, 1.165) is 0 Å². The first kappa shape index (κ1) is 24.7. The molecule has 26 heavy (non-hydrogen) atoms. The monoisotopic (exact) mass is 408 g/mol. The zero-order valence-corrected chi connectivity index (χ0v) is 20.8. The summed E-state index contributed by atoms with van der Waals surface area (Å²) in [6.07, 6.45) is 0.648. The lowest BCUT2D eigenvalue weighted by atomic mass is 10.1. The molecular formula is C18H42N4O2P2. The van der Waals surface area contributed by atoms with Crippen molar-refractivity contribution in [2.75, 3.05) is 12.6 Å². The Kier molecular flexibility index (Phi) is 6.78. The van der Waals surface area contributed by atoms with Crippen LogP contribution in [0.15, 0.2) is 0 Å². The van der Waals surface area contributed by atoms with Crippen molar-refractivity contribution in [2.24, 2.45) is 0 Å². The SMILES string of the molecule is CC(C)(C)NC[P+]1([O-])N(C(C)(C)C)[P+]([O-])(CNC(C)(C)C)N1C(C)(C)C. The van der Waals surface area contributed by atoms with Crippen molar-refractivity contribution < 1.29 is 9.79 Å². The predicted molar refractivity (Wildman–Crippen MR) is 113 cm³/mol. The third-order valence-corrected chi connectivity index (χ3v) is 13.3. The van der Waals surface area contributed by atoms with Crippen LogP contribution in [0, 0.1) is 0 Å². The van der Waals surface area contributed by atoms with E-state index >= 15 is 0 Å². The zero-order valence-electron chi connectivity index (χ0n) is 19.0. The van der Waals surface area contributed by atoms with Gasteiger partial charge in [-0.3, -0.25) is 10.6 Å². The van der Waals surface area contributed by atoms with Gasteiger partial charge >= 0.3 is 0 Å². The van der Waals surface area contributed by atoms with E-state index in [2.05, 4.69) is 52.2 Å². The first-order valence-electron chi connectivity index (χ1n) is 9.45. The molecule has 0 unspecified atom stereocenters. The number of nitrogens with one attached hydrogen (secondary N) is 2. The smallest absolute Gasteiger partial charge is 0.204 e. The maximum Gasteiger partial charge on any atom is 0.204 e. The van der Waals surface area contributed by atoms with E-state index < -0.39 is 26.7 Å². The molecule has 0 aliphatic carbocycles. The van der Waals surface area contributed by atoms with Gasteiger partial charge < -0.3 is 9.79 Å². The van der Waals surface area contributed by atoms with Gasteiger partial charge in [0.1, 0.15) is 12.6 Å². The first-order valence-corrected chi connectivity index (χ1v) is 13.0. The van der Waals surface area contributed by atoms with Gasteiger partial charge in [-0.05, 0) is 92.0 Å². The van der Waals surface area contributed by atoms with E-state index in [1.807, 2.05) is 50.4 Å². The largest absolute Gasteiger partial charge is 0.644 e. The molecule has 0 aromatic heterocycles. The highest BCUT2D eigenvalue weighted by Gasteiger charge is 2.79. The summed E-state index contributed by atoms with van der Waals surface area (Å²) in [4.78, 5) is 28.4. The van der Waals surface area contributed by atoms with Crippen molar-refractivity contribution in [3.63, 3.8) is 0 Å². The lowest BCUT2D eigenvalue weighted by Crippen LogP contribution is -2.71. The second kappa shape index (κ2) is 7.15. The Morgan fingerprint density at radius 2 is 0.808 bits per heavy atom. The van der Waals surface area contributed by atoms with Crippen LogP contribution in [-0.2, 0) is 0 Å². The molecule has 0 atom stereocenters. The second-order valence-corrected chi connectivity index (χ2v) is 16.9. The van der Waals surface area contributed by atoms with E-state index in [0.29, 0.717) is 12.6 Å². The van der Waals surface area contributed by atoms with Crippen molar-refractivity contribution in [1.29, 1.82) is 0 Å². The van der Waals surface area contributed by atoms with Crippen LogP contribution in [-0.4, -0.2) is 43.6 Å². The molecule has 8 heteroatoms. The maximum absolute atomic E-state index is 14.2. The molecule has 1 aliphatic heterocycles. The van der Waals surface area contributed by atoms with E-state index in [-0.39, 0.29) is 11.1 Å². The molecule has 0 bridgehead atoms. The lowest BCUT2D eigenvalue weighted by Gasteiger charge is -2.68. The first-order chi connectivity index (χ1) is 11.1. The van der Waals surface area contributed by atoms with Crippen molar-refractivity contribution in [3.05, 3.63) is 0 Å². The van der Waals surface area contributed by atoms with Crippen LogP contribution in [0.4, 0.5) is 0 Å². The van der Waals surface area contributed by atoms with E-state index in [4.69, 9.17) is 0 Å². The van der Waals surface area contributed by atoms with Gasteiger partial charge in [-0.25, -0.2) is 0 Å². The standard InChI is InChI=1S/C18H42N4O2P2/c1-15(2,3)19-13-25(23)21(17(7,8)9)26(24,14-20-16(4,5)6)22(25)18(10,11)12/h19-20H,13-14H2,1-12H3. The van der Waals surface area contributed by atoms with E-state index in [1.165, 1.54) is 0 Å². The van der Waals surface area contributed by atoms with Gasteiger partial charge in [0.15, 0.2) is 0 Å². The van der Waals surface area contributed by atoms with Crippen LogP contribution >= 0.6 is 15.6 Å². The highest BCUT2D eigenvalue weighted by Crippen LogP contribution is 2.93. The predicted octanol–water partition coefficient (Wildman–Crippen LogP) is 3.14. The number of nitrogens with zero attached hydrogens (tertiary/aromatic N) is 2. The lowest BCUT2D eigenvalue weighted by molar-refractivity contribution is -0.238. The summed E-state index contributed by atoms with van der Waals surface area (Å²) in [7, 11) is -6.01. The maximum atomic E-state index is 14.2. The van der Waals surface area contributed by atoms with Gasteiger partial charge in [-0.1, -0.05) is 0 Å². The summed E-state index contributed by atoms with van der Waals surface area (Å²) >= 11 is 0. The van der Waals surface area contributed by atoms with Crippen molar-refractivity contribution >= 4 is 15.6 Å². The molecule has 0 spiro atoms. The Hall–Kier alpha value is 0.620. The molecule has 1 rings (SSSR count). The summed E-state index contributed by atoms with van der Waals surface area (Å²) in [5.74, 6) is 0. The van der Waals surface area contributed by atoms with Gasteiger partial charge in [0.25, 0.3) is 0 Å². The summed E-state index contributed by atoms with van der Waals surface area (Å²) in [5.41, 5.74) is -1.22. The Bertz CT molecular complexity index is 447. The average Bonchev–Trinajstić information content (AvgIpc) is 2.27. The molecule has 2 N–H and O–H groups in total. The summed E-state index contributed by atoms with van der Waals surface area (Å²) in [6.45, 7) is 24.4. The fraction of sp³-hybridized carbons (Fsp3) is 1.00. The van der Waals surface area contributed by atoms with Gasteiger partial charge in [-0.2, -0.15) is 0 Å². The second-order valence-electron chi connectivity index (χ2n) is 11.4. The van der Waals surface area contributed by atoms with Crippen molar-refractivity contribution in [1.82, 2.24) is 19.5 Å². The van der Waals surface area contributed by atoms with Gasteiger partial charge in [0.05, 0.1) is 11.1 Å². The quantitative estimate of drug-likeness (QED) is 0.696. The van der Waals surface area contributed by atoms with Gasteiger partial charge in [0.2, 0.25) is 15.6 Å². The highest BCUT2D eigenvalue weighted by atomic mass is 31.3. The van der Waals surface area contributed by atoms with Crippen LogP contribution in [0.5, 0.6) is 0 Å². The Labute approximate surface area is 163 Å². The minimum absolute atomic E-state index is 0.159. The molecule has 0 saturated carbocycles. The molecule has 1 fully saturated rings. The number of hydrogen-bond donors (Lipinski definition) is 2. The van der Waals surface area contributed by atoms with Gasteiger partial charge in [0, 0.05) is 11.1 Å². The zero-order chi connectivity index (χ0) is 21.0. The molecule has 1 aliphatic rings. The minimum atomic E-state index is -3.00. The number of hydrogen-bond acceptors (Lipinski definition) is 6. The molecule has 1 heterocycles. The van der Waals surface area contributed by atoms with Crippen LogP contribution in [0.1, 0.15) is 83.1 Å². The average molecular weight is 409 g/mol. The summed E-state index contributed by atoms with van der Waals surface area (Å²) in [6, 6.07) is 0. The molecule has 0 radical (unpaired) electrons. The van der Waals surface area contributed by atoms with E-state index in [1.54, 1.807) is 0 Å². The van der Waals surface area contributed by atoms with Crippen LogP contribution in [0.25, 0.3) is 0 Å². The minimum Gasteiger partial charge on any atom is -0.644 e. The van der Waals surface area contributed by atoms with Crippen molar-refractivity contribution in [3.8, 4) is 0 Å². The summed E-state index contributed by atoms with van der Waals surface area (Å²) < 4.78 is 3.66. The Balaban J connectivity index is 3.34. The highest BCUT2D eigenvalue weighted by molar-refractivity contribution is 7.93. The van der Waals surface area contributed by atoms with Crippen molar-refractivity contribution in [2.45, 2.75) is 105 Å². The third kappa shape index (κ3) is 5.36. The van der Waals surface area contributed by atoms with Crippen LogP contribution in [0.2, 0.25) is 0 Å². The Morgan fingerprint density at radius 1 is 0.577 bits per heavy atom. The van der Waals surface area contributed by atoms with Crippen LogP contribution in [0.3, 0.4) is 0 Å². The third-order valence-electron chi connectivity index (χ3n) is 4.01.